The normalized spacial score (nSPS) is 12.6. The molecule has 0 saturated heterocycles. The molecule has 0 fully saturated rings. The number of benzene rings is 1. The van der Waals surface area contributed by atoms with Crippen LogP contribution in [0.1, 0.15) is 25.8 Å². The van der Waals surface area contributed by atoms with Gasteiger partial charge in [0.1, 0.15) is 11.6 Å². The van der Waals surface area contributed by atoms with E-state index < -0.39 is 11.6 Å². The zero-order valence-corrected chi connectivity index (χ0v) is 14.4. The molecule has 0 spiro atoms. The highest BCUT2D eigenvalue weighted by Crippen LogP contribution is 2.11. The fraction of sp³-hybridized carbons (Fsp3) is 0.500. The van der Waals surface area contributed by atoms with E-state index in [2.05, 4.69) is 22.5 Å². The van der Waals surface area contributed by atoms with E-state index in [0.29, 0.717) is 18.5 Å². The molecule has 114 valence electrons. The maximum atomic E-state index is 13.4. The van der Waals surface area contributed by atoms with Crippen LogP contribution in [0.5, 0.6) is 0 Å². The monoisotopic (exact) mass is 397 g/mol. The molecule has 0 aromatic heterocycles. The summed E-state index contributed by atoms with van der Waals surface area (Å²) in [7, 11) is 1.67. The van der Waals surface area contributed by atoms with Crippen LogP contribution in [0.4, 0.5) is 8.78 Å². The lowest BCUT2D eigenvalue weighted by atomic mass is 10.1. The Bertz CT molecular complexity index is 418. The largest absolute Gasteiger partial charge is 0.356 e. The number of guanidine groups is 1. The van der Waals surface area contributed by atoms with Crippen LogP contribution in [0.15, 0.2) is 23.2 Å². The Labute approximate surface area is 136 Å². The van der Waals surface area contributed by atoms with Crippen molar-refractivity contribution in [3.63, 3.8) is 0 Å². The van der Waals surface area contributed by atoms with Crippen molar-refractivity contribution in [3.8, 4) is 0 Å². The van der Waals surface area contributed by atoms with E-state index in [1.807, 2.05) is 6.92 Å². The Balaban J connectivity index is 0.00000361. The van der Waals surface area contributed by atoms with Crippen molar-refractivity contribution in [1.29, 1.82) is 0 Å². The maximum absolute atomic E-state index is 13.4. The van der Waals surface area contributed by atoms with E-state index >= 15 is 0 Å². The van der Waals surface area contributed by atoms with Gasteiger partial charge in [-0.15, -0.1) is 24.0 Å². The lowest BCUT2D eigenvalue weighted by Gasteiger charge is -2.16. The lowest BCUT2D eigenvalue weighted by Crippen LogP contribution is -2.42. The van der Waals surface area contributed by atoms with Gasteiger partial charge in [0.05, 0.1) is 0 Å². The summed E-state index contributed by atoms with van der Waals surface area (Å²) >= 11 is 0. The van der Waals surface area contributed by atoms with Gasteiger partial charge in [-0.2, -0.15) is 0 Å². The van der Waals surface area contributed by atoms with Crippen LogP contribution in [0.3, 0.4) is 0 Å². The van der Waals surface area contributed by atoms with Gasteiger partial charge in [-0.05, 0) is 31.9 Å². The van der Waals surface area contributed by atoms with Gasteiger partial charge in [0.15, 0.2) is 5.96 Å². The summed E-state index contributed by atoms with van der Waals surface area (Å²) in [5, 5.41) is 6.23. The molecule has 0 bridgehead atoms. The Morgan fingerprint density at radius 3 is 2.40 bits per heavy atom. The van der Waals surface area contributed by atoms with Crippen molar-refractivity contribution in [3.05, 3.63) is 35.4 Å². The summed E-state index contributed by atoms with van der Waals surface area (Å²) in [6.07, 6.45) is 1.25. The van der Waals surface area contributed by atoms with Crippen molar-refractivity contribution in [2.45, 2.75) is 32.7 Å². The fourth-order valence-electron chi connectivity index (χ4n) is 1.61. The number of halogens is 3. The Hall–Kier alpha value is -0.920. The van der Waals surface area contributed by atoms with Crippen molar-refractivity contribution >= 4 is 29.9 Å². The fourth-order valence-corrected chi connectivity index (χ4v) is 1.61. The van der Waals surface area contributed by atoms with Crippen molar-refractivity contribution in [2.75, 3.05) is 13.6 Å². The molecule has 0 amide bonds. The van der Waals surface area contributed by atoms with E-state index in [4.69, 9.17) is 0 Å². The highest BCUT2D eigenvalue weighted by molar-refractivity contribution is 14.0. The van der Waals surface area contributed by atoms with Gasteiger partial charge in [0, 0.05) is 25.2 Å². The van der Waals surface area contributed by atoms with Crippen molar-refractivity contribution in [1.82, 2.24) is 10.6 Å². The van der Waals surface area contributed by atoms with Gasteiger partial charge in [-0.25, -0.2) is 8.78 Å². The third kappa shape index (κ3) is 6.02. The summed E-state index contributed by atoms with van der Waals surface area (Å²) < 4.78 is 26.8. The van der Waals surface area contributed by atoms with Crippen LogP contribution in [-0.4, -0.2) is 25.6 Å². The number of hydrogen-bond donors (Lipinski definition) is 2. The first kappa shape index (κ1) is 19.1. The summed E-state index contributed by atoms with van der Waals surface area (Å²) in [5.41, 5.74) is 0.106. The topological polar surface area (TPSA) is 36.4 Å². The second-order valence-electron chi connectivity index (χ2n) is 4.40. The number of nitrogens with one attached hydrogen (secondary N) is 2. The summed E-state index contributed by atoms with van der Waals surface area (Å²) in [4.78, 5) is 4.06. The van der Waals surface area contributed by atoms with E-state index in [1.54, 1.807) is 7.05 Å². The van der Waals surface area contributed by atoms with Crippen LogP contribution in [0, 0.1) is 11.6 Å². The molecule has 3 nitrogen and oxygen atoms in total. The SMILES string of the molecule is CCC(C)NC(=NC)NCCc1c(F)cccc1F.I. The number of aliphatic imine (C=N–C) groups is 1. The molecule has 1 unspecified atom stereocenters. The molecule has 6 heteroatoms. The second-order valence-corrected chi connectivity index (χ2v) is 4.40. The Morgan fingerprint density at radius 1 is 1.30 bits per heavy atom. The molecule has 0 saturated carbocycles. The third-order valence-electron chi connectivity index (χ3n) is 2.95. The molecule has 1 atom stereocenters. The van der Waals surface area contributed by atoms with Crippen LogP contribution >= 0.6 is 24.0 Å². The third-order valence-corrected chi connectivity index (χ3v) is 2.95. The van der Waals surface area contributed by atoms with Gasteiger partial charge in [0.25, 0.3) is 0 Å². The minimum atomic E-state index is -0.508. The van der Waals surface area contributed by atoms with E-state index in [9.17, 15) is 8.78 Å². The van der Waals surface area contributed by atoms with E-state index in [0.717, 1.165) is 6.42 Å². The highest BCUT2D eigenvalue weighted by Gasteiger charge is 2.08. The molecule has 0 aliphatic carbocycles. The van der Waals surface area contributed by atoms with Crippen LogP contribution in [-0.2, 0) is 6.42 Å². The molecule has 0 radical (unpaired) electrons. The van der Waals surface area contributed by atoms with Gasteiger partial charge in [0.2, 0.25) is 0 Å². The Kier molecular flexibility index (Phi) is 9.45. The second kappa shape index (κ2) is 9.90. The average Bonchev–Trinajstić information content (AvgIpc) is 2.40. The van der Waals surface area contributed by atoms with Crippen molar-refractivity contribution in [2.24, 2.45) is 4.99 Å². The molecular formula is C14H22F2IN3. The molecule has 20 heavy (non-hydrogen) atoms. The first-order valence-electron chi connectivity index (χ1n) is 6.48. The summed E-state index contributed by atoms with van der Waals surface area (Å²) in [6, 6.07) is 4.21. The minimum absolute atomic E-state index is 0. The standard InChI is InChI=1S/C14H21F2N3.HI/c1-4-10(2)19-14(17-3)18-9-8-11-12(15)6-5-7-13(11)16;/h5-7,10H,4,8-9H2,1-3H3,(H2,17,18,19);1H. The number of nitrogens with zero attached hydrogens (tertiary/aromatic N) is 1. The smallest absolute Gasteiger partial charge is 0.191 e. The lowest BCUT2D eigenvalue weighted by molar-refractivity contribution is 0.551. The molecule has 1 rings (SSSR count). The molecule has 1 aromatic rings. The van der Waals surface area contributed by atoms with Crippen LogP contribution < -0.4 is 10.6 Å². The molecular weight excluding hydrogens is 375 g/mol. The molecule has 0 heterocycles. The maximum Gasteiger partial charge on any atom is 0.191 e. The first-order valence-corrected chi connectivity index (χ1v) is 6.48. The number of rotatable bonds is 5. The summed E-state index contributed by atoms with van der Waals surface area (Å²) in [6.45, 7) is 4.54. The zero-order valence-electron chi connectivity index (χ0n) is 12.0. The predicted molar refractivity (Wildman–Crippen MR) is 89.7 cm³/mol. The van der Waals surface area contributed by atoms with Crippen molar-refractivity contribution < 1.29 is 8.78 Å². The minimum Gasteiger partial charge on any atom is -0.356 e. The van der Waals surface area contributed by atoms with Gasteiger partial charge < -0.3 is 10.6 Å². The zero-order chi connectivity index (χ0) is 14.3. The number of hydrogen-bond acceptors (Lipinski definition) is 1. The van der Waals surface area contributed by atoms with E-state index in [1.165, 1.54) is 18.2 Å². The van der Waals surface area contributed by atoms with Crippen LogP contribution in [0.2, 0.25) is 0 Å². The average molecular weight is 397 g/mol. The first-order chi connectivity index (χ1) is 9.08. The predicted octanol–water partition coefficient (Wildman–Crippen LogP) is 3.09. The van der Waals surface area contributed by atoms with Gasteiger partial charge in [-0.1, -0.05) is 13.0 Å². The van der Waals surface area contributed by atoms with Crippen LogP contribution in [0.25, 0.3) is 0 Å². The Morgan fingerprint density at radius 2 is 1.90 bits per heavy atom. The van der Waals surface area contributed by atoms with Gasteiger partial charge >= 0.3 is 0 Å². The van der Waals surface area contributed by atoms with E-state index in [-0.39, 0.29) is 36.0 Å². The molecule has 1 aromatic carbocycles. The molecule has 2 N–H and O–H groups in total. The quantitative estimate of drug-likeness (QED) is 0.455. The highest BCUT2D eigenvalue weighted by atomic mass is 127. The molecule has 0 aliphatic heterocycles. The van der Waals surface area contributed by atoms with Gasteiger partial charge in [-0.3, -0.25) is 4.99 Å². The molecule has 0 aliphatic rings. The summed E-state index contributed by atoms with van der Waals surface area (Å²) in [5.74, 6) is -0.371.